The van der Waals surface area contributed by atoms with E-state index in [9.17, 15) is 13.2 Å². The molecule has 0 aliphatic heterocycles. The topological polar surface area (TPSA) is 47.9 Å². The van der Waals surface area contributed by atoms with Gasteiger partial charge in [-0.05, 0) is 37.5 Å². The van der Waals surface area contributed by atoms with Crippen molar-refractivity contribution < 1.29 is 17.9 Å². The van der Waals surface area contributed by atoms with Crippen LogP contribution in [0, 0.1) is 6.92 Å². The molecule has 0 fully saturated rings. The van der Waals surface area contributed by atoms with Gasteiger partial charge >= 0.3 is 12.2 Å². The summed E-state index contributed by atoms with van der Waals surface area (Å²) in [6, 6.07) is 5.21. The fourth-order valence-electron chi connectivity index (χ4n) is 2.71. The van der Waals surface area contributed by atoms with Crippen molar-refractivity contribution in [3.63, 3.8) is 0 Å². The zero-order valence-electron chi connectivity index (χ0n) is 14.1. The number of aromatic nitrogens is 3. The minimum Gasteiger partial charge on any atom is -0.424 e. The summed E-state index contributed by atoms with van der Waals surface area (Å²) in [6.07, 6.45) is -2.30. The van der Waals surface area contributed by atoms with Gasteiger partial charge in [0.05, 0.1) is 33.6 Å². The average molecular weight is 416 g/mol. The first kappa shape index (κ1) is 19.6. The van der Waals surface area contributed by atoms with E-state index in [2.05, 4.69) is 15.0 Å². The Kier molecular flexibility index (Phi) is 5.72. The van der Waals surface area contributed by atoms with E-state index in [1.54, 1.807) is 25.1 Å². The molecule has 0 saturated carbocycles. The maximum atomic E-state index is 12.6. The Bertz CT molecular complexity index is 963. The molecule has 0 unspecified atom stereocenters. The van der Waals surface area contributed by atoms with Crippen molar-refractivity contribution in [3.8, 4) is 11.8 Å². The van der Waals surface area contributed by atoms with Crippen molar-refractivity contribution in [1.29, 1.82) is 0 Å². The highest BCUT2D eigenvalue weighted by Crippen LogP contribution is 2.37. The van der Waals surface area contributed by atoms with Gasteiger partial charge in [0.15, 0.2) is 0 Å². The molecule has 0 amide bonds. The number of aryl methyl sites for hydroxylation is 2. The van der Waals surface area contributed by atoms with Gasteiger partial charge in [0.25, 0.3) is 0 Å². The van der Waals surface area contributed by atoms with E-state index in [-0.39, 0.29) is 18.9 Å². The van der Waals surface area contributed by atoms with Crippen molar-refractivity contribution in [3.05, 3.63) is 51.9 Å². The largest absolute Gasteiger partial charge is 0.424 e. The van der Waals surface area contributed by atoms with Gasteiger partial charge in [-0.25, -0.2) is 9.97 Å². The summed E-state index contributed by atoms with van der Waals surface area (Å²) in [5, 5.41) is 1.24. The molecular weight excluding hydrogens is 402 g/mol. The number of nitrogens with zero attached hydrogens (tertiary/aromatic N) is 3. The van der Waals surface area contributed by atoms with Crippen molar-refractivity contribution in [2.75, 3.05) is 0 Å². The molecule has 4 nitrogen and oxygen atoms in total. The Morgan fingerprint density at radius 3 is 2.48 bits per heavy atom. The molecule has 2 heterocycles. The molecule has 9 heteroatoms. The zero-order valence-corrected chi connectivity index (χ0v) is 15.7. The third-order valence-electron chi connectivity index (χ3n) is 3.86. The lowest BCUT2D eigenvalue weighted by Crippen LogP contribution is -2.08. The Balaban J connectivity index is 2.03. The number of pyridine rings is 1. The maximum Gasteiger partial charge on any atom is 0.389 e. The molecule has 27 heavy (non-hydrogen) atoms. The monoisotopic (exact) mass is 415 g/mol. The van der Waals surface area contributed by atoms with Crippen LogP contribution >= 0.6 is 23.2 Å². The molecule has 0 aliphatic carbocycles. The van der Waals surface area contributed by atoms with Gasteiger partial charge in [-0.15, -0.1) is 0 Å². The highest BCUT2D eigenvalue weighted by molar-refractivity contribution is 6.33. The fourth-order valence-corrected chi connectivity index (χ4v) is 3.04. The average Bonchev–Trinajstić information content (AvgIpc) is 2.59. The Morgan fingerprint density at radius 1 is 1.11 bits per heavy atom. The summed E-state index contributed by atoms with van der Waals surface area (Å²) in [6.45, 7) is 1.71. The van der Waals surface area contributed by atoms with Crippen molar-refractivity contribution in [2.24, 2.45) is 0 Å². The molecule has 2 aromatic heterocycles. The lowest BCUT2D eigenvalue weighted by molar-refractivity contribution is -0.135. The number of alkyl halides is 3. The number of fused-ring (bicyclic) bond motifs is 1. The van der Waals surface area contributed by atoms with Crippen LogP contribution < -0.4 is 4.74 Å². The minimum atomic E-state index is -4.22. The van der Waals surface area contributed by atoms with Gasteiger partial charge in [-0.1, -0.05) is 29.3 Å². The van der Waals surface area contributed by atoms with E-state index in [0.29, 0.717) is 38.0 Å². The van der Waals surface area contributed by atoms with Crippen LogP contribution in [0.15, 0.2) is 30.6 Å². The van der Waals surface area contributed by atoms with Gasteiger partial charge < -0.3 is 4.74 Å². The van der Waals surface area contributed by atoms with E-state index in [1.807, 2.05) is 0 Å². The van der Waals surface area contributed by atoms with Crippen LogP contribution in [-0.4, -0.2) is 21.1 Å². The molecule has 1 aromatic carbocycles. The highest BCUT2D eigenvalue weighted by Gasteiger charge is 2.27. The SMILES string of the molecule is Cc1nc2cccc(Oc3ncc(Cl)cn3)c2c(CCCC(F)(F)F)c1Cl. The smallest absolute Gasteiger partial charge is 0.389 e. The fraction of sp³-hybridized carbons (Fsp3) is 0.278. The molecule has 142 valence electrons. The molecule has 0 bridgehead atoms. The number of halogens is 5. The van der Waals surface area contributed by atoms with E-state index in [4.69, 9.17) is 27.9 Å². The molecule has 0 saturated heterocycles. The normalized spacial score (nSPS) is 11.8. The molecule has 3 aromatic rings. The van der Waals surface area contributed by atoms with E-state index >= 15 is 0 Å². The first-order chi connectivity index (χ1) is 12.7. The third kappa shape index (κ3) is 4.78. The van der Waals surface area contributed by atoms with Gasteiger partial charge in [0.1, 0.15) is 5.75 Å². The van der Waals surface area contributed by atoms with Gasteiger partial charge in [0, 0.05) is 11.8 Å². The second-order valence-corrected chi connectivity index (χ2v) is 6.71. The Hall–Kier alpha value is -2.12. The van der Waals surface area contributed by atoms with E-state index in [1.165, 1.54) is 12.4 Å². The second-order valence-electron chi connectivity index (χ2n) is 5.89. The van der Waals surface area contributed by atoms with Gasteiger partial charge in [-0.3, -0.25) is 4.98 Å². The van der Waals surface area contributed by atoms with Crippen LogP contribution in [0.25, 0.3) is 10.9 Å². The van der Waals surface area contributed by atoms with Crippen LogP contribution in [0.5, 0.6) is 11.8 Å². The van der Waals surface area contributed by atoms with Crippen LogP contribution in [0.3, 0.4) is 0 Å². The maximum absolute atomic E-state index is 12.6. The van der Waals surface area contributed by atoms with Crippen LogP contribution in [0.2, 0.25) is 10.0 Å². The summed E-state index contributed by atoms with van der Waals surface area (Å²) in [7, 11) is 0. The number of ether oxygens (including phenoxy) is 1. The Morgan fingerprint density at radius 2 is 1.81 bits per heavy atom. The summed E-state index contributed by atoms with van der Waals surface area (Å²) in [5.41, 5.74) is 1.68. The number of hydrogen-bond acceptors (Lipinski definition) is 4. The lowest BCUT2D eigenvalue weighted by Gasteiger charge is -2.15. The Labute approximate surface area is 163 Å². The van der Waals surface area contributed by atoms with Crippen LogP contribution in [-0.2, 0) is 6.42 Å². The third-order valence-corrected chi connectivity index (χ3v) is 4.56. The first-order valence-electron chi connectivity index (χ1n) is 8.04. The number of benzene rings is 1. The van der Waals surface area contributed by atoms with Crippen molar-refractivity contribution in [1.82, 2.24) is 15.0 Å². The molecule has 3 rings (SSSR count). The quantitative estimate of drug-likeness (QED) is 0.489. The molecule has 0 radical (unpaired) electrons. The highest BCUT2D eigenvalue weighted by atomic mass is 35.5. The minimum absolute atomic E-state index is 0.0600. The molecule has 0 spiro atoms. The summed E-state index contributed by atoms with van der Waals surface area (Å²) < 4.78 is 43.4. The predicted molar refractivity (Wildman–Crippen MR) is 97.6 cm³/mol. The summed E-state index contributed by atoms with van der Waals surface area (Å²) in [4.78, 5) is 12.4. The first-order valence-corrected chi connectivity index (χ1v) is 8.80. The van der Waals surface area contributed by atoms with Gasteiger partial charge in [0.2, 0.25) is 0 Å². The van der Waals surface area contributed by atoms with E-state index < -0.39 is 12.6 Å². The molecule has 0 aliphatic rings. The van der Waals surface area contributed by atoms with Crippen molar-refractivity contribution >= 4 is 34.1 Å². The van der Waals surface area contributed by atoms with Crippen molar-refractivity contribution in [2.45, 2.75) is 32.4 Å². The number of hydrogen-bond donors (Lipinski definition) is 0. The zero-order chi connectivity index (χ0) is 19.6. The molecular formula is C18H14Cl2F3N3O. The standard InChI is InChI=1S/C18H14Cl2F3N3O/c1-10-16(20)12(4-3-7-18(21,22)23)15-13(26-10)5-2-6-14(15)27-17-24-8-11(19)9-25-17/h2,5-6,8-9H,3-4,7H2,1H3. The molecule has 0 atom stereocenters. The summed E-state index contributed by atoms with van der Waals surface area (Å²) in [5.74, 6) is 0.367. The molecule has 0 N–H and O–H groups in total. The summed E-state index contributed by atoms with van der Waals surface area (Å²) >= 11 is 12.1. The van der Waals surface area contributed by atoms with Gasteiger partial charge in [-0.2, -0.15) is 13.2 Å². The van der Waals surface area contributed by atoms with E-state index in [0.717, 1.165) is 0 Å². The lowest BCUT2D eigenvalue weighted by atomic mass is 10.0. The van der Waals surface area contributed by atoms with Crippen LogP contribution in [0.1, 0.15) is 24.1 Å². The number of rotatable bonds is 5. The van der Waals surface area contributed by atoms with Crippen LogP contribution in [0.4, 0.5) is 13.2 Å². The predicted octanol–water partition coefficient (Wildman–Crippen LogP) is 6.32. The second kappa shape index (κ2) is 7.86.